The Morgan fingerprint density at radius 3 is 2.24 bits per heavy atom. The molecule has 13 heteroatoms. The molecule has 41 heavy (non-hydrogen) atoms. The average molecular weight is 590 g/mol. The van der Waals surface area contributed by atoms with Crippen LogP contribution in [0, 0.1) is 11.3 Å². The lowest BCUT2D eigenvalue weighted by molar-refractivity contribution is -0.124. The first-order chi connectivity index (χ1) is 19.0. The molecule has 0 saturated carbocycles. The van der Waals surface area contributed by atoms with Crippen molar-refractivity contribution in [3.8, 4) is 11.4 Å². The van der Waals surface area contributed by atoms with Gasteiger partial charge in [0.2, 0.25) is 17.6 Å². The maximum Gasteiger partial charge on any atom is 0.408 e. The average Bonchev–Trinajstić information content (AvgIpc) is 3.36. The lowest BCUT2D eigenvalue weighted by Crippen LogP contribution is -2.37. The lowest BCUT2D eigenvalue weighted by Gasteiger charge is -2.23. The molecule has 222 valence electrons. The summed E-state index contributed by atoms with van der Waals surface area (Å²) in [7, 11) is -3.99. The van der Waals surface area contributed by atoms with Crippen LogP contribution in [0.25, 0.3) is 11.4 Å². The largest absolute Gasteiger partial charge is 0.444 e. The molecule has 1 aromatic heterocycles. The van der Waals surface area contributed by atoms with E-state index in [-0.39, 0.29) is 28.2 Å². The van der Waals surface area contributed by atoms with Gasteiger partial charge in [0.15, 0.2) is 0 Å². The Morgan fingerprint density at radius 2 is 1.66 bits per heavy atom. The van der Waals surface area contributed by atoms with Gasteiger partial charge in [-0.15, -0.1) is 0 Å². The number of benzene rings is 2. The third-order valence-electron chi connectivity index (χ3n) is 5.79. The number of ether oxygens (including phenoxy) is 1. The van der Waals surface area contributed by atoms with Crippen LogP contribution >= 0.6 is 0 Å². The smallest absolute Gasteiger partial charge is 0.408 e. The number of nitrogens with zero attached hydrogens (tertiary/aromatic N) is 2. The molecule has 0 aliphatic rings. The van der Waals surface area contributed by atoms with Gasteiger partial charge < -0.3 is 19.9 Å². The molecule has 3 rings (SSSR count). The van der Waals surface area contributed by atoms with Gasteiger partial charge in [0.25, 0.3) is 10.0 Å². The molecule has 2 aromatic carbocycles. The third-order valence-corrected chi connectivity index (χ3v) is 7.19. The van der Waals surface area contributed by atoms with Crippen molar-refractivity contribution < 1.29 is 31.7 Å². The molecule has 3 N–H and O–H groups in total. The molecule has 1 heterocycles. The van der Waals surface area contributed by atoms with E-state index in [2.05, 4.69) is 25.5 Å². The number of amides is 2. The number of aromatic nitrogens is 2. The van der Waals surface area contributed by atoms with Gasteiger partial charge in [0, 0.05) is 11.3 Å². The molecule has 3 aromatic rings. The second-order valence-corrected chi connectivity index (χ2v) is 13.2. The monoisotopic (exact) mass is 589 g/mol. The first-order valence-electron chi connectivity index (χ1n) is 12.9. The van der Waals surface area contributed by atoms with Crippen LogP contribution in [0.1, 0.15) is 60.4 Å². The number of carbonyl (C=O) groups is 2. The Kier molecular flexibility index (Phi) is 9.42. The van der Waals surface area contributed by atoms with Crippen LogP contribution in [0.2, 0.25) is 0 Å². The Bertz CT molecular complexity index is 1480. The van der Waals surface area contributed by atoms with Gasteiger partial charge in [-0.25, -0.2) is 17.6 Å². The molecule has 0 aliphatic carbocycles. The number of alkyl halides is 1. The molecule has 0 aliphatic heterocycles. The summed E-state index contributed by atoms with van der Waals surface area (Å²) in [6.45, 7) is 11.1. The van der Waals surface area contributed by atoms with E-state index in [0.717, 1.165) is 0 Å². The first kappa shape index (κ1) is 31.5. The topological polar surface area (TPSA) is 153 Å². The third kappa shape index (κ3) is 8.49. The zero-order chi connectivity index (χ0) is 30.6. The van der Waals surface area contributed by atoms with Gasteiger partial charge in [-0.1, -0.05) is 25.1 Å². The Morgan fingerprint density at radius 1 is 1.02 bits per heavy atom. The summed E-state index contributed by atoms with van der Waals surface area (Å²) in [4.78, 5) is 28.9. The van der Waals surface area contributed by atoms with Crippen LogP contribution in [0.5, 0.6) is 0 Å². The van der Waals surface area contributed by atoms with Crippen molar-refractivity contribution in [2.24, 2.45) is 11.3 Å². The Labute approximate surface area is 239 Å². The summed E-state index contributed by atoms with van der Waals surface area (Å²) in [5, 5.41) is 9.33. The van der Waals surface area contributed by atoms with Crippen molar-refractivity contribution in [2.45, 2.75) is 65.0 Å². The molecule has 0 fully saturated rings. The molecule has 1 unspecified atom stereocenters. The highest BCUT2D eigenvalue weighted by Crippen LogP contribution is 2.26. The zero-order valence-corrected chi connectivity index (χ0v) is 24.9. The summed E-state index contributed by atoms with van der Waals surface area (Å²) >= 11 is 0. The fourth-order valence-corrected chi connectivity index (χ4v) is 4.50. The Hall–Kier alpha value is -4.00. The van der Waals surface area contributed by atoms with Crippen LogP contribution in [-0.4, -0.2) is 42.8 Å². The highest BCUT2D eigenvalue weighted by molar-refractivity contribution is 7.92. The van der Waals surface area contributed by atoms with Gasteiger partial charge >= 0.3 is 6.09 Å². The van der Waals surface area contributed by atoms with Gasteiger partial charge in [-0.3, -0.25) is 9.52 Å². The van der Waals surface area contributed by atoms with Crippen molar-refractivity contribution in [1.29, 1.82) is 0 Å². The predicted octanol–water partition coefficient (Wildman–Crippen LogP) is 5.69. The lowest BCUT2D eigenvalue weighted by atomic mass is 9.94. The van der Waals surface area contributed by atoms with Crippen molar-refractivity contribution >= 4 is 33.4 Å². The molecule has 1 atom stereocenters. The minimum atomic E-state index is -3.99. The van der Waals surface area contributed by atoms with Crippen LogP contribution in [0.3, 0.4) is 0 Å². The summed E-state index contributed by atoms with van der Waals surface area (Å²) in [6.07, 6.45) is -0.616. The molecule has 0 spiro atoms. The first-order valence-corrected chi connectivity index (χ1v) is 14.4. The predicted molar refractivity (Wildman–Crippen MR) is 152 cm³/mol. The maximum atomic E-state index is 13.1. The molecular formula is C28H36FN5O6S. The van der Waals surface area contributed by atoms with E-state index in [1.54, 1.807) is 32.9 Å². The molecule has 0 bridgehead atoms. The van der Waals surface area contributed by atoms with Gasteiger partial charge in [-0.2, -0.15) is 4.98 Å². The second kappa shape index (κ2) is 12.2. The van der Waals surface area contributed by atoms with Crippen molar-refractivity contribution in [3.05, 3.63) is 54.4 Å². The minimum absolute atomic E-state index is 0.0235. The molecule has 0 radical (unpaired) electrons. The van der Waals surface area contributed by atoms with Crippen LogP contribution < -0.4 is 15.4 Å². The summed E-state index contributed by atoms with van der Waals surface area (Å²) < 4.78 is 52.3. The standard InChI is InChI=1S/C28H36FN5O6S/c1-17(2)22(31-26(36)39-27(3,4)5)24-32-23(33-40-24)18-11-13-21(14-12-18)41(37,38)34-20-10-8-9-19(15-20)30-25(35)28(6,7)16-29/h8-15,17,22,34H,16H2,1-7H3,(H,30,35)(H,31,36). The highest BCUT2D eigenvalue weighted by Gasteiger charge is 2.29. The van der Waals surface area contributed by atoms with E-state index < -0.39 is 45.8 Å². The number of rotatable bonds is 10. The van der Waals surface area contributed by atoms with Crippen molar-refractivity contribution in [3.63, 3.8) is 0 Å². The van der Waals surface area contributed by atoms with E-state index in [9.17, 15) is 22.4 Å². The van der Waals surface area contributed by atoms with Crippen LogP contribution in [0.4, 0.5) is 20.6 Å². The quantitative estimate of drug-likeness (QED) is 0.273. The molecule has 11 nitrogen and oxygen atoms in total. The van der Waals surface area contributed by atoms with Crippen LogP contribution in [-0.2, 0) is 19.6 Å². The number of hydrogen-bond donors (Lipinski definition) is 3. The normalized spacial score (nSPS) is 13.0. The molecular weight excluding hydrogens is 553 g/mol. The van der Waals surface area contributed by atoms with E-state index in [1.165, 1.54) is 50.2 Å². The highest BCUT2D eigenvalue weighted by atomic mass is 32.2. The van der Waals surface area contributed by atoms with E-state index in [0.29, 0.717) is 11.3 Å². The van der Waals surface area contributed by atoms with Crippen molar-refractivity contribution in [2.75, 3.05) is 16.7 Å². The number of carbonyl (C=O) groups excluding carboxylic acids is 2. The number of nitrogens with one attached hydrogen (secondary N) is 3. The second-order valence-electron chi connectivity index (χ2n) is 11.5. The number of hydrogen-bond acceptors (Lipinski definition) is 8. The summed E-state index contributed by atoms with van der Waals surface area (Å²) in [5.41, 5.74) is -0.861. The zero-order valence-electron chi connectivity index (χ0n) is 24.1. The molecule has 0 saturated heterocycles. The van der Waals surface area contributed by atoms with Gasteiger partial charge in [-0.05, 0) is 83.0 Å². The number of anilines is 2. The van der Waals surface area contributed by atoms with Gasteiger partial charge in [0.1, 0.15) is 18.3 Å². The summed E-state index contributed by atoms with van der Waals surface area (Å²) in [6, 6.07) is 11.4. The van der Waals surface area contributed by atoms with Crippen LogP contribution in [0.15, 0.2) is 57.9 Å². The number of sulfonamides is 1. The minimum Gasteiger partial charge on any atom is -0.444 e. The maximum absolute atomic E-state index is 13.1. The fraction of sp³-hybridized carbons (Fsp3) is 0.429. The fourth-order valence-electron chi connectivity index (χ4n) is 3.45. The van der Waals surface area contributed by atoms with E-state index >= 15 is 0 Å². The number of halogens is 1. The Balaban J connectivity index is 1.73. The number of alkyl carbamates (subject to hydrolysis) is 1. The van der Waals surface area contributed by atoms with E-state index in [1.807, 2.05) is 13.8 Å². The SMILES string of the molecule is CC(C)C(NC(=O)OC(C)(C)C)c1nc(-c2ccc(S(=O)(=O)Nc3cccc(NC(=O)C(C)(C)CF)c3)cc2)no1. The van der Waals surface area contributed by atoms with E-state index in [4.69, 9.17) is 9.26 Å². The van der Waals surface area contributed by atoms with Crippen molar-refractivity contribution in [1.82, 2.24) is 15.5 Å². The molecule has 2 amide bonds. The summed E-state index contributed by atoms with van der Waals surface area (Å²) in [5.74, 6) is -0.216. The van der Waals surface area contributed by atoms with Gasteiger partial charge in [0.05, 0.1) is 16.0 Å².